The molecular weight excluding hydrogens is 267 g/mol. The van der Waals surface area contributed by atoms with Crippen LogP contribution in [0.3, 0.4) is 0 Å². The average molecular weight is 288 g/mol. The molecule has 0 unspecified atom stereocenters. The predicted molar refractivity (Wildman–Crippen MR) is 78.3 cm³/mol. The van der Waals surface area contributed by atoms with Crippen LogP contribution in [-0.4, -0.2) is 5.60 Å². The van der Waals surface area contributed by atoms with Crippen LogP contribution in [0.4, 0.5) is 4.39 Å². The van der Waals surface area contributed by atoms with Gasteiger partial charge in [-0.25, -0.2) is 4.39 Å². The highest BCUT2D eigenvalue weighted by Crippen LogP contribution is 2.49. The standard InChI is InChI=1S/C17H21FN2O/c1-16(2,10-19)8-11-6-12-14(20)9-17(4-3-5-17)21-15(12)13(18)7-11/h6-7,14H,3-5,8-9,20H2,1-2H3/t14-/m0/s1. The molecule has 0 radical (unpaired) electrons. The molecule has 1 aromatic carbocycles. The largest absolute Gasteiger partial charge is 0.484 e. The van der Waals surface area contributed by atoms with Gasteiger partial charge in [-0.15, -0.1) is 0 Å². The van der Waals surface area contributed by atoms with Crippen LogP contribution in [0.1, 0.15) is 56.7 Å². The quantitative estimate of drug-likeness (QED) is 0.904. The third-order valence-electron chi connectivity index (χ3n) is 4.66. The molecule has 0 amide bonds. The fourth-order valence-corrected chi connectivity index (χ4v) is 3.35. The second kappa shape index (κ2) is 4.71. The molecule has 21 heavy (non-hydrogen) atoms. The van der Waals surface area contributed by atoms with E-state index in [0.29, 0.717) is 12.2 Å². The Kier molecular flexibility index (Phi) is 3.22. The first kappa shape index (κ1) is 14.3. The Labute approximate surface area is 124 Å². The van der Waals surface area contributed by atoms with Gasteiger partial charge in [-0.3, -0.25) is 0 Å². The second-order valence-electron chi connectivity index (χ2n) is 7.12. The number of nitrogens with two attached hydrogens (primary N) is 1. The summed E-state index contributed by atoms with van der Waals surface area (Å²) in [5, 5.41) is 9.13. The van der Waals surface area contributed by atoms with E-state index in [1.54, 1.807) is 0 Å². The van der Waals surface area contributed by atoms with Crippen molar-refractivity contribution in [2.75, 3.05) is 0 Å². The number of nitrogens with zero attached hydrogens (tertiary/aromatic N) is 1. The highest BCUT2D eigenvalue weighted by molar-refractivity contribution is 5.44. The lowest BCUT2D eigenvalue weighted by atomic mass is 9.73. The van der Waals surface area contributed by atoms with E-state index in [0.717, 1.165) is 36.8 Å². The van der Waals surface area contributed by atoms with Gasteiger partial charge >= 0.3 is 0 Å². The molecule has 0 saturated heterocycles. The van der Waals surface area contributed by atoms with Crippen molar-refractivity contribution in [3.8, 4) is 11.8 Å². The normalized spacial score (nSPS) is 22.9. The van der Waals surface area contributed by atoms with Gasteiger partial charge in [-0.1, -0.05) is 6.07 Å². The third-order valence-corrected chi connectivity index (χ3v) is 4.66. The molecule has 0 aromatic heterocycles. The molecule has 3 rings (SSSR count). The zero-order valence-electron chi connectivity index (χ0n) is 12.6. The van der Waals surface area contributed by atoms with Crippen molar-refractivity contribution < 1.29 is 9.13 Å². The van der Waals surface area contributed by atoms with Crippen LogP contribution in [0.5, 0.6) is 5.75 Å². The minimum atomic E-state index is -0.518. The fourth-order valence-electron chi connectivity index (χ4n) is 3.35. The first-order valence-electron chi connectivity index (χ1n) is 7.52. The molecule has 2 N–H and O–H groups in total. The Morgan fingerprint density at radius 1 is 1.48 bits per heavy atom. The minimum absolute atomic E-state index is 0.186. The van der Waals surface area contributed by atoms with Crippen LogP contribution in [0.2, 0.25) is 0 Å². The van der Waals surface area contributed by atoms with E-state index in [1.807, 2.05) is 19.9 Å². The van der Waals surface area contributed by atoms with Crippen molar-refractivity contribution in [2.24, 2.45) is 11.1 Å². The van der Waals surface area contributed by atoms with E-state index in [-0.39, 0.29) is 17.5 Å². The van der Waals surface area contributed by atoms with Crippen molar-refractivity contribution in [3.05, 3.63) is 29.1 Å². The molecule has 1 aliphatic heterocycles. The molecular formula is C17H21FN2O. The highest BCUT2D eigenvalue weighted by atomic mass is 19.1. The topological polar surface area (TPSA) is 59.0 Å². The van der Waals surface area contributed by atoms with Gasteiger partial charge in [0.25, 0.3) is 0 Å². The summed E-state index contributed by atoms with van der Waals surface area (Å²) in [4.78, 5) is 0. The van der Waals surface area contributed by atoms with E-state index in [2.05, 4.69) is 6.07 Å². The summed E-state index contributed by atoms with van der Waals surface area (Å²) in [6.07, 6.45) is 4.31. The van der Waals surface area contributed by atoms with Gasteiger partial charge in [0.15, 0.2) is 11.6 Å². The molecule has 1 saturated carbocycles. The maximum atomic E-state index is 14.4. The number of hydrogen-bond acceptors (Lipinski definition) is 3. The zero-order valence-corrected chi connectivity index (χ0v) is 12.6. The summed E-state index contributed by atoms with van der Waals surface area (Å²) in [5.74, 6) is -0.0235. The maximum absolute atomic E-state index is 14.4. The monoisotopic (exact) mass is 288 g/mol. The molecule has 3 nitrogen and oxygen atoms in total. The lowest BCUT2D eigenvalue weighted by Gasteiger charge is -2.47. The Hall–Kier alpha value is -1.60. The smallest absolute Gasteiger partial charge is 0.165 e. The van der Waals surface area contributed by atoms with E-state index >= 15 is 0 Å². The zero-order chi connectivity index (χ0) is 15.3. The summed E-state index contributed by atoms with van der Waals surface area (Å²) in [7, 11) is 0. The van der Waals surface area contributed by atoms with Gasteiger partial charge in [0.1, 0.15) is 5.60 Å². The Morgan fingerprint density at radius 3 is 2.76 bits per heavy atom. The number of benzene rings is 1. The number of fused-ring (bicyclic) bond motifs is 1. The van der Waals surface area contributed by atoms with Crippen molar-refractivity contribution in [2.45, 2.75) is 57.6 Å². The molecule has 0 bridgehead atoms. The van der Waals surface area contributed by atoms with Crippen molar-refractivity contribution in [1.82, 2.24) is 0 Å². The molecule has 1 fully saturated rings. The van der Waals surface area contributed by atoms with E-state index in [4.69, 9.17) is 15.7 Å². The number of halogens is 1. The summed E-state index contributed by atoms with van der Waals surface area (Å²) < 4.78 is 20.4. The van der Waals surface area contributed by atoms with Crippen LogP contribution >= 0.6 is 0 Å². The van der Waals surface area contributed by atoms with Crippen LogP contribution in [-0.2, 0) is 6.42 Å². The molecule has 1 spiro atoms. The molecule has 1 heterocycles. The van der Waals surface area contributed by atoms with Crippen molar-refractivity contribution in [1.29, 1.82) is 5.26 Å². The SMILES string of the molecule is CC(C)(C#N)Cc1cc(F)c2c(c1)[C@@H](N)CC1(CCC1)O2. The summed E-state index contributed by atoms with van der Waals surface area (Å²) in [6.45, 7) is 3.70. The van der Waals surface area contributed by atoms with Crippen molar-refractivity contribution >= 4 is 0 Å². The summed E-state index contributed by atoms with van der Waals surface area (Å²) >= 11 is 0. The molecule has 112 valence electrons. The Balaban J connectivity index is 1.95. The van der Waals surface area contributed by atoms with Crippen LogP contribution in [0.15, 0.2) is 12.1 Å². The number of rotatable bonds is 2. The first-order valence-corrected chi connectivity index (χ1v) is 7.52. The number of ether oxygens (including phenoxy) is 1. The van der Waals surface area contributed by atoms with E-state index < -0.39 is 5.41 Å². The van der Waals surface area contributed by atoms with Gasteiger partial charge in [-0.05, 0) is 51.2 Å². The molecule has 4 heteroatoms. The van der Waals surface area contributed by atoms with Crippen LogP contribution in [0, 0.1) is 22.6 Å². The molecule has 1 aromatic rings. The lowest BCUT2D eigenvalue weighted by molar-refractivity contribution is -0.0360. The fraction of sp³-hybridized carbons (Fsp3) is 0.588. The maximum Gasteiger partial charge on any atom is 0.165 e. The minimum Gasteiger partial charge on any atom is -0.484 e. The van der Waals surface area contributed by atoms with E-state index in [1.165, 1.54) is 6.07 Å². The average Bonchev–Trinajstić information content (AvgIpc) is 2.37. The molecule has 1 atom stereocenters. The van der Waals surface area contributed by atoms with Crippen molar-refractivity contribution in [3.63, 3.8) is 0 Å². The molecule has 1 aliphatic carbocycles. The van der Waals surface area contributed by atoms with Crippen LogP contribution < -0.4 is 10.5 Å². The lowest BCUT2D eigenvalue weighted by Crippen LogP contribution is -2.48. The van der Waals surface area contributed by atoms with Gasteiger partial charge in [0.2, 0.25) is 0 Å². The summed E-state index contributed by atoms with van der Waals surface area (Å²) in [5.41, 5.74) is 7.05. The van der Waals surface area contributed by atoms with Gasteiger partial charge < -0.3 is 10.5 Å². The van der Waals surface area contributed by atoms with Crippen LogP contribution in [0.25, 0.3) is 0 Å². The number of hydrogen-bond donors (Lipinski definition) is 1. The summed E-state index contributed by atoms with van der Waals surface area (Å²) in [6, 6.07) is 5.46. The van der Waals surface area contributed by atoms with E-state index in [9.17, 15) is 4.39 Å². The molecule has 2 aliphatic rings. The highest BCUT2D eigenvalue weighted by Gasteiger charge is 2.45. The van der Waals surface area contributed by atoms with Gasteiger partial charge in [0.05, 0.1) is 11.5 Å². The Bertz CT molecular complexity index is 614. The van der Waals surface area contributed by atoms with Gasteiger partial charge in [0, 0.05) is 18.0 Å². The predicted octanol–water partition coefficient (Wildman–Crippen LogP) is 3.62. The Morgan fingerprint density at radius 2 is 2.19 bits per heavy atom. The van der Waals surface area contributed by atoms with Gasteiger partial charge in [-0.2, -0.15) is 5.26 Å². The first-order chi connectivity index (χ1) is 9.84. The second-order valence-corrected chi connectivity index (χ2v) is 7.12. The third kappa shape index (κ3) is 2.51. The number of nitriles is 1.